The molecule has 0 aromatic heterocycles. The van der Waals surface area contributed by atoms with Crippen molar-refractivity contribution >= 4 is 21.8 Å². The molecule has 0 aliphatic carbocycles. The van der Waals surface area contributed by atoms with Gasteiger partial charge in [0.1, 0.15) is 0 Å². The first-order valence-corrected chi connectivity index (χ1v) is 6.09. The summed E-state index contributed by atoms with van der Waals surface area (Å²) in [5.41, 5.74) is 0. The van der Waals surface area contributed by atoms with Crippen molar-refractivity contribution < 1.29 is 4.79 Å². The van der Waals surface area contributed by atoms with Crippen LogP contribution in [-0.4, -0.2) is 41.8 Å². The molecule has 0 aliphatic heterocycles. The number of nitrogens with one attached hydrogen (secondary N) is 1. The molecule has 0 saturated heterocycles. The summed E-state index contributed by atoms with van der Waals surface area (Å²) < 4.78 is -0.485. The third-order valence-electron chi connectivity index (χ3n) is 2.44. The highest BCUT2D eigenvalue weighted by atomic mass is 79.9. The average Bonchev–Trinajstić information content (AvgIpc) is 2.00. The van der Waals surface area contributed by atoms with Crippen LogP contribution in [0.5, 0.6) is 0 Å². The van der Waals surface area contributed by atoms with Crippen molar-refractivity contribution in [1.82, 2.24) is 10.2 Å². The SMILES string of the molecule is CC(C)C(CNC(=O)C(C)(C)Br)N(C)C. The minimum Gasteiger partial charge on any atom is -0.353 e. The van der Waals surface area contributed by atoms with Crippen LogP contribution < -0.4 is 5.32 Å². The van der Waals surface area contributed by atoms with Crippen molar-refractivity contribution in [3.05, 3.63) is 0 Å². The van der Waals surface area contributed by atoms with Crippen LogP contribution in [0.1, 0.15) is 27.7 Å². The van der Waals surface area contributed by atoms with Gasteiger partial charge in [-0.3, -0.25) is 4.79 Å². The van der Waals surface area contributed by atoms with Gasteiger partial charge in [0.15, 0.2) is 0 Å². The minimum atomic E-state index is -0.485. The normalized spacial score (nSPS) is 14.5. The maximum Gasteiger partial charge on any atom is 0.236 e. The summed E-state index contributed by atoms with van der Waals surface area (Å²) in [6.07, 6.45) is 0. The van der Waals surface area contributed by atoms with Gasteiger partial charge in [0.25, 0.3) is 0 Å². The van der Waals surface area contributed by atoms with Crippen LogP contribution in [0.25, 0.3) is 0 Å². The third kappa shape index (κ3) is 5.52. The molecule has 0 aliphatic rings. The van der Waals surface area contributed by atoms with Gasteiger partial charge in [-0.15, -0.1) is 0 Å². The molecule has 0 bridgehead atoms. The lowest BCUT2D eigenvalue weighted by Gasteiger charge is -2.29. The van der Waals surface area contributed by atoms with E-state index in [0.717, 1.165) is 0 Å². The van der Waals surface area contributed by atoms with Crippen LogP contribution in [0.4, 0.5) is 0 Å². The first kappa shape index (κ1) is 14.9. The van der Waals surface area contributed by atoms with E-state index in [1.807, 2.05) is 27.9 Å². The number of hydrogen-bond donors (Lipinski definition) is 1. The largest absolute Gasteiger partial charge is 0.353 e. The second kappa shape index (κ2) is 5.85. The highest BCUT2D eigenvalue weighted by Gasteiger charge is 2.25. The molecule has 1 unspecified atom stereocenters. The fourth-order valence-electron chi connectivity index (χ4n) is 1.42. The quantitative estimate of drug-likeness (QED) is 0.779. The fraction of sp³-hybridized carbons (Fsp3) is 0.909. The van der Waals surface area contributed by atoms with Crippen molar-refractivity contribution in [2.24, 2.45) is 5.92 Å². The molecule has 0 spiro atoms. The molecule has 0 aromatic carbocycles. The molecule has 1 atom stereocenters. The molecule has 1 N–H and O–H groups in total. The molecule has 0 saturated carbocycles. The van der Waals surface area contributed by atoms with Gasteiger partial charge in [0.05, 0.1) is 4.32 Å². The van der Waals surface area contributed by atoms with Crippen LogP contribution in [0, 0.1) is 5.92 Å². The molecule has 3 nitrogen and oxygen atoms in total. The third-order valence-corrected chi connectivity index (χ3v) is 2.80. The Morgan fingerprint density at radius 2 is 1.87 bits per heavy atom. The molecule has 4 heteroatoms. The summed E-state index contributed by atoms with van der Waals surface area (Å²) >= 11 is 3.34. The Bertz CT molecular complexity index is 201. The number of alkyl halides is 1. The first-order valence-electron chi connectivity index (χ1n) is 5.30. The van der Waals surface area contributed by atoms with Crippen molar-refractivity contribution in [1.29, 1.82) is 0 Å². The van der Waals surface area contributed by atoms with Crippen LogP contribution in [-0.2, 0) is 4.79 Å². The summed E-state index contributed by atoms with van der Waals surface area (Å²) in [5.74, 6) is 0.564. The molecule has 0 aromatic rings. The summed E-state index contributed by atoms with van der Waals surface area (Å²) in [5, 5.41) is 2.96. The zero-order valence-electron chi connectivity index (χ0n) is 10.6. The van der Waals surface area contributed by atoms with Gasteiger partial charge in [-0.1, -0.05) is 29.8 Å². The zero-order chi connectivity index (χ0) is 12.2. The Hall–Kier alpha value is -0.0900. The lowest BCUT2D eigenvalue weighted by molar-refractivity contribution is -0.122. The van der Waals surface area contributed by atoms with E-state index in [9.17, 15) is 4.79 Å². The zero-order valence-corrected chi connectivity index (χ0v) is 12.2. The number of rotatable bonds is 5. The van der Waals surface area contributed by atoms with Crippen molar-refractivity contribution in [3.63, 3.8) is 0 Å². The topological polar surface area (TPSA) is 32.3 Å². The number of amides is 1. The second-order valence-electron chi connectivity index (χ2n) is 4.96. The van der Waals surface area contributed by atoms with Crippen LogP contribution in [0.3, 0.4) is 0 Å². The standard InChI is InChI=1S/C11H23BrN2O/c1-8(2)9(14(5)6)7-13-10(15)11(3,4)12/h8-9H,7H2,1-6H3,(H,13,15). The molecule has 15 heavy (non-hydrogen) atoms. The van der Waals surface area contributed by atoms with Gasteiger partial charge in [-0.2, -0.15) is 0 Å². The lowest BCUT2D eigenvalue weighted by atomic mass is 10.0. The molecule has 0 rings (SSSR count). The molecule has 90 valence electrons. The average molecular weight is 279 g/mol. The fourth-order valence-corrected chi connectivity index (χ4v) is 1.56. The number of halogens is 1. The second-order valence-corrected chi connectivity index (χ2v) is 6.94. The first-order chi connectivity index (χ1) is 6.66. The van der Waals surface area contributed by atoms with E-state index in [4.69, 9.17) is 0 Å². The van der Waals surface area contributed by atoms with Crippen LogP contribution in [0.2, 0.25) is 0 Å². The maximum atomic E-state index is 11.6. The van der Waals surface area contributed by atoms with E-state index in [0.29, 0.717) is 18.5 Å². The van der Waals surface area contributed by atoms with Gasteiger partial charge >= 0.3 is 0 Å². The van der Waals surface area contributed by atoms with E-state index in [-0.39, 0.29) is 5.91 Å². The number of carbonyl (C=O) groups is 1. The van der Waals surface area contributed by atoms with Crippen molar-refractivity contribution in [2.75, 3.05) is 20.6 Å². The van der Waals surface area contributed by atoms with Gasteiger partial charge in [-0.25, -0.2) is 0 Å². The minimum absolute atomic E-state index is 0.0370. The molecule has 0 radical (unpaired) electrons. The van der Waals surface area contributed by atoms with E-state index < -0.39 is 4.32 Å². The number of nitrogens with zero attached hydrogens (tertiary/aromatic N) is 1. The summed E-state index contributed by atoms with van der Waals surface area (Å²) in [6, 6.07) is 0.379. The number of likely N-dealkylation sites (N-methyl/N-ethyl adjacent to an activating group) is 1. The van der Waals surface area contributed by atoms with E-state index in [1.54, 1.807) is 0 Å². The smallest absolute Gasteiger partial charge is 0.236 e. The maximum absolute atomic E-state index is 11.6. The van der Waals surface area contributed by atoms with Crippen molar-refractivity contribution in [2.45, 2.75) is 38.1 Å². The van der Waals surface area contributed by atoms with E-state index in [1.165, 1.54) is 0 Å². The summed E-state index contributed by atoms with van der Waals surface area (Å²) in [4.78, 5) is 13.8. The van der Waals surface area contributed by atoms with Gasteiger partial charge in [-0.05, 0) is 33.9 Å². The number of hydrogen-bond acceptors (Lipinski definition) is 2. The molecular weight excluding hydrogens is 256 g/mol. The molecule has 0 heterocycles. The Morgan fingerprint density at radius 1 is 1.40 bits per heavy atom. The Morgan fingerprint density at radius 3 is 2.13 bits per heavy atom. The van der Waals surface area contributed by atoms with Crippen LogP contribution in [0.15, 0.2) is 0 Å². The molecular formula is C11H23BrN2O. The Balaban J connectivity index is 4.18. The Labute approximate surface area is 102 Å². The molecule has 0 fully saturated rings. The summed E-state index contributed by atoms with van der Waals surface area (Å²) in [6.45, 7) is 8.72. The van der Waals surface area contributed by atoms with Crippen LogP contribution >= 0.6 is 15.9 Å². The predicted octanol–water partition coefficient (Wildman–Crippen LogP) is 1.86. The highest BCUT2D eigenvalue weighted by molar-refractivity contribution is 9.10. The van der Waals surface area contributed by atoms with Gasteiger partial charge in [0.2, 0.25) is 5.91 Å². The van der Waals surface area contributed by atoms with E-state index >= 15 is 0 Å². The number of carbonyl (C=O) groups excluding carboxylic acids is 1. The Kier molecular flexibility index (Phi) is 5.81. The van der Waals surface area contributed by atoms with Gasteiger partial charge in [0, 0.05) is 12.6 Å². The summed E-state index contributed by atoms with van der Waals surface area (Å²) in [7, 11) is 4.08. The molecule has 1 amide bonds. The van der Waals surface area contributed by atoms with Crippen molar-refractivity contribution in [3.8, 4) is 0 Å². The lowest BCUT2D eigenvalue weighted by Crippen LogP contribution is -2.47. The predicted molar refractivity (Wildman–Crippen MR) is 68.3 cm³/mol. The monoisotopic (exact) mass is 278 g/mol. The van der Waals surface area contributed by atoms with E-state index in [2.05, 4.69) is 40.0 Å². The highest BCUT2D eigenvalue weighted by Crippen LogP contribution is 2.15. The van der Waals surface area contributed by atoms with Gasteiger partial charge < -0.3 is 10.2 Å².